The number of hydrogen-bond acceptors (Lipinski definition) is 4. The fraction of sp³-hybridized carbons (Fsp3) is 0.412. The Balaban J connectivity index is 1.82. The van der Waals surface area contributed by atoms with Crippen LogP contribution in [0.4, 0.5) is 0 Å². The molecule has 2 rings (SSSR count). The minimum atomic E-state index is -0.0120. The first-order chi connectivity index (χ1) is 11.1. The molecule has 0 saturated carbocycles. The van der Waals surface area contributed by atoms with E-state index in [0.29, 0.717) is 51.4 Å². The topological polar surface area (TPSA) is 78.7 Å². The zero-order valence-corrected chi connectivity index (χ0v) is 13.3. The molecule has 0 radical (unpaired) electrons. The molecule has 124 valence electrons. The zero-order chi connectivity index (χ0) is 16.7. The van der Waals surface area contributed by atoms with Crippen LogP contribution in [0.3, 0.4) is 0 Å². The molecule has 1 aromatic carbocycles. The number of piperazine rings is 1. The molecule has 0 atom stereocenters. The van der Waals surface area contributed by atoms with Gasteiger partial charge in [-0.05, 0) is 17.7 Å². The normalized spacial score (nSPS) is 15.3. The van der Waals surface area contributed by atoms with Gasteiger partial charge in [0, 0.05) is 44.8 Å². The summed E-state index contributed by atoms with van der Waals surface area (Å²) < 4.78 is 0. The summed E-state index contributed by atoms with van der Waals surface area (Å²) in [5, 5.41) is 2.76. The second-order valence-electron chi connectivity index (χ2n) is 5.56. The third kappa shape index (κ3) is 4.91. The lowest BCUT2D eigenvalue weighted by molar-refractivity contribution is -0.122. The predicted octanol–water partition coefficient (Wildman–Crippen LogP) is 0.205. The van der Waals surface area contributed by atoms with Gasteiger partial charge in [0.2, 0.25) is 5.91 Å². The van der Waals surface area contributed by atoms with E-state index in [1.165, 1.54) is 0 Å². The summed E-state index contributed by atoms with van der Waals surface area (Å²) in [6.07, 6.45) is 1.66. The Kier molecular flexibility index (Phi) is 6.31. The van der Waals surface area contributed by atoms with Crippen LogP contribution in [0.1, 0.15) is 15.9 Å². The monoisotopic (exact) mass is 316 g/mol. The molecule has 0 unspecified atom stereocenters. The van der Waals surface area contributed by atoms with Gasteiger partial charge in [0.25, 0.3) is 5.91 Å². The maximum absolute atomic E-state index is 12.5. The van der Waals surface area contributed by atoms with Crippen molar-refractivity contribution in [3.8, 4) is 0 Å². The molecule has 1 fully saturated rings. The molecule has 1 aromatic rings. The highest BCUT2D eigenvalue weighted by Crippen LogP contribution is 2.10. The quantitative estimate of drug-likeness (QED) is 0.735. The van der Waals surface area contributed by atoms with Crippen molar-refractivity contribution in [1.82, 2.24) is 15.1 Å². The summed E-state index contributed by atoms with van der Waals surface area (Å²) in [6.45, 7) is 7.55. The standard InChI is InChI=1S/C17H24N4O2/c1-2-7-19-16(22)13-20-8-10-21(11-9-20)17(23)15-5-3-14(12-18)4-6-15/h2-6H,1,7-13,18H2,(H,19,22). The number of nitrogens with two attached hydrogens (primary N) is 1. The van der Waals surface area contributed by atoms with Crippen LogP contribution in [0.25, 0.3) is 0 Å². The van der Waals surface area contributed by atoms with E-state index in [4.69, 9.17) is 5.73 Å². The summed E-state index contributed by atoms with van der Waals surface area (Å²) in [4.78, 5) is 28.0. The van der Waals surface area contributed by atoms with Crippen molar-refractivity contribution >= 4 is 11.8 Å². The van der Waals surface area contributed by atoms with Crippen LogP contribution in [0, 0.1) is 0 Å². The van der Waals surface area contributed by atoms with Gasteiger partial charge in [0.05, 0.1) is 6.54 Å². The Hall–Kier alpha value is -2.18. The van der Waals surface area contributed by atoms with Crippen molar-refractivity contribution in [1.29, 1.82) is 0 Å². The molecule has 6 heteroatoms. The highest BCUT2D eigenvalue weighted by molar-refractivity contribution is 5.94. The van der Waals surface area contributed by atoms with E-state index in [9.17, 15) is 9.59 Å². The average Bonchev–Trinajstić information content (AvgIpc) is 2.60. The van der Waals surface area contributed by atoms with Crippen LogP contribution < -0.4 is 11.1 Å². The lowest BCUT2D eigenvalue weighted by Crippen LogP contribution is -2.51. The molecule has 0 aromatic heterocycles. The number of benzene rings is 1. The van der Waals surface area contributed by atoms with Gasteiger partial charge in [0.15, 0.2) is 0 Å². The molecule has 1 aliphatic rings. The van der Waals surface area contributed by atoms with Crippen LogP contribution in [0.2, 0.25) is 0 Å². The van der Waals surface area contributed by atoms with Gasteiger partial charge in [-0.1, -0.05) is 18.2 Å². The van der Waals surface area contributed by atoms with Crippen LogP contribution in [-0.4, -0.2) is 60.9 Å². The molecule has 1 heterocycles. The van der Waals surface area contributed by atoms with Crippen molar-refractivity contribution in [2.75, 3.05) is 39.3 Å². The maximum Gasteiger partial charge on any atom is 0.253 e. The molecular weight excluding hydrogens is 292 g/mol. The fourth-order valence-electron chi connectivity index (χ4n) is 2.52. The molecule has 1 saturated heterocycles. The Morgan fingerprint density at radius 1 is 1.17 bits per heavy atom. The second kappa shape index (κ2) is 8.45. The van der Waals surface area contributed by atoms with E-state index >= 15 is 0 Å². The molecule has 0 bridgehead atoms. The lowest BCUT2D eigenvalue weighted by Gasteiger charge is -2.34. The lowest BCUT2D eigenvalue weighted by atomic mass is 10.1. The number of carbonyl (C=O) groups is 2. The van der Waals surface area contributed by atoms with E-state index in [2.05, 4.69) is 16.8 Å². The van der Waals surface area contributed by atoms with Crippen molar-refractivity contribution < 1.29 is 9.59 Å². The third-order valence-corrected chi connectivity index (χ3v) is 3.91. The molecule has 6 nitrogen and oxygen atoms in total. The molecule has 2 amide bonds. The number of carbonyl (C=O) groups excluding carboxylic acids is 2. The van der Waals surface area contributed by atoms with Gasteiger partial charge in [0.1, 0.15) is 0 Å². The van der Waals surface area contributed by atoms with Gasteiger partial charge >= 0.3 is 0 Å². The SMILES string of the molecule is C=CCNC(=O)CN1CCN(C(=O)c2ccc(CN)cc2)CC1. The first kappa shape index (κ1) is 17.2. The van der Waals surface area contributed by atoms with E-state index < -0.39 is 0 Å². The van der Waals surface area contributed by atoms with Crippen molar-refractivity contribution in [2.24, 2.45) is 5.73 Å². The van der Waals surface area contributed by atoms with Crippen LogP contribution in [0.5, 0.6) is 0 Å². The summed E-state index contributed by atoms with van der Waals surface area (Å²) in [7, 11) is 0. The van der Waals surface area contributed by atoms with Crippen molar-refractivity contribution in [3.63, 3.8) is 0 Å². The molecule has 1 aliphatic heterocycles. The number of nitrogens with zero attached hydrogens (tertiary/aromatic N) is 2. The molecule has 3 N–H and O–H groups in total. The highest BCUT2D eigenvalue weighted by atomic mass is 16.2. The van der Waals surface area contributed by atoms with E-state index in [0.717, 1.165) is 5.56 Å². The number of amides is 2. The van der Waals surface area contributed by atoms with Crippen LogP contribution in [-0.2, 0) is 11.3 Å². The zero-order valence-electron chi connectivity index (χ0n) is 13.3. The molecular formula is C17H24N4O2. The van der Waals surface area contributed by atoms with Crippen LogP contribution >= 0.6 is 0 Å². The largest absolute Gasteiger partial charge is 0.352 e. The molecule has 23 heavy (non-hydrogen) atoms. The third-order valence-electron chi connectivity index (χ3n) is 3.91. The van der Waals surface area contributed by atoms with Gasteiger partial charge in [-0.2, -0.15) is 0 Å². The van der Waals surface area contributed by atoms with Crippen molar-refractivity contribution in [2.45, 2.75) is 6.54 Å². The van der Waals surface area contributed by atoms with Gasteiger partial charge in [-0.15, -0.1) is 6.58 Å². The summed E-state index contributed by atoms with van der Waals surface area (Å²) in [5.41, 5.74) is 7.26. The highest BCUT2D eigenvalue weighted by Gasteiger charge is 2.23. The maximum atomic E-state index is 12.5. The average molecular weight is 316 g/mol. The fourth-order valence-corrected chi connectivity index (χ4v) is 2.52. The minimum Gasteiger partial charge on any atom is -0.352 e. The van der Waals surface area contributed by atoms with Crippen molar-refractivity contribution in [3.05, 3.63) is 48.0 Å². The molecule has 0 spiro atoms. The first-order valence-corrected chi connectivity index (χ1v) is 7.82. The van der Waals surface area contributed by atoms with Crippen LogP contribution in [0.15, 0.2) is 36.9 Å². The summed E-state index contributed by atoms with van der Waals surface area (Å²) in [5.74, 6) is 0.0198. The Labute approximate surface area is 136 Å². The first-order valence-electron chi connectivity index (χ1n) is 7.82. The Bertz CT molecular complexity index is 548. The Morgan fingerprint density at radius 2 is 1.83 bits per heavy atom. The number of hydrogen-bond donors (Lipinski definition) is 2. The minimum absolute atomic E-state index is 0.0120. The number of nitrogens with one attached hydrogen (secondary N) is 1. The summed E-state index contributed by atoms with van der Waals surface area (Å²) in [6, 6.07) is 7.40. The van der Waals surface area contributed by atoms with Gasteiger partial charge < -0.3 is 16.0 Å². The number of rotatable bonds is 6. The van der Waals surface area contributed by atoms with E-state index in [1.807, 2.05) is 29.2 Å². The smallest absolute Gasteiger partial charge is 0.253 e. The van der Waals surface area contributed by atoms with Gasteiger partial charge in [-0.3, -0.25) is 14.5 Å². The van der Waals surface area contributed by atoms with E-state index in [-0.39, 0.29) is 11.8 Å². The van der Waals surface area contributed by atoms with Gasteiger partial charge in [-0.25, -0.2) is 0 Å². The predicted molar refractivity (Wildman–Crippen MR) is 89.9 cm³/mol. The second-order valence-corrected chi connectivity index (χ2v) is 5.56. The summed E-state index contributed by atoms with van der Waals surface area (Å²) >= 11 is 0. The molecule has 0 aliphatic carbocycles. The van der Waals surface area contributed by atoms with E-state index in [1.54, 1.807) is 6.08 Å². The Morgan fingerprint density at radius 3 is 2.39 bits per heavy atom.